The number of hydrogen-bond acceptors (Lipinski definition) is 3. The maximum absolute atomic E-state index is 6.34. The third kappa shape index (κ3) is 1.63. The molecular formula is C10H16N2S. The summed E-state index contributed by atoms with van der Waals surface area (Å²) in [6.45, 7) is 2.13. The lowest BCUT2D eigenvalue weighted by molar-refractivity contribution is 0.306. The summed E-state index contributed by atoms with van der Waals surface area (Å²) < 4.78 is 0. The number of thiazole rings is 1. The molecule has 1 aliphatic carbocycles. The van der Waals surface area contributed by atoms with Crippen molar-refractivity contribution in [3.63, 3.8) is 0 Å². The summed E-state index contributed by atoms with van der Waals surface area (Å²) in [7, 11) is 0. The Morgan fingerprint density at radius 2 is 2.23 bits per heavy atom. The van der Waals surface area contributed by atoms with E-state index >= 15 is 0 Å². The average Bonchev–Trinajstić information content (AvgIpc) is 2.78. The van der Waals surface area contributed by atoms with E-state index in [0.717, 1.165) is 5.01 Å². The van der Waals surface area contributed by atoms with Crippen molar-refractivity contribution >= 4 is 11.3 Å². The molecule has 2 nitrogen and oxygen atoms in total. The predicted octanol–water partition coefficient (Wildman–Crippen LogP) is 2.51. The summed E-state index contributed by atoms with van der Waals surface area (Å²) in [6.07, 6.45) is 7.06. The quantitative estimate of drug-likeness (QED) is 0.789. The summed E-state index contributed by atoms with van der Waals surface area (Å²) in [5.41, 5.74) is 6.15. The van der Waals surface area contributed by atoms with Crippen molar-refractivity contribution in [1.29, 1.82) is 0 Å². The molecule has 0 saturated heterocycles. The van der Waals surface area contributed by atoms with Gasteiger partial charge in [0.15, 0.2) is 0 Å². The lowest BCUT2D eigenvalue weighted by Crippen LogP contribution is -2.39. The molecule has 1 saturated carbocycles. The Bertz CT molecular complexity index is 260. The smallest absolute Gasteiger partial charge is 0.112 e. The topological polar surface area (TPSA) is 38.9 Å². The zero-order valence-electron chi connectivity index (χ0n) is 7.99. The molecule has 0 amide bonds. The Morgan fingerprint density at radius 1 is 1.54 bits per heavy atom. The first-order valence-electron chi connectivity index (χ1n) is 4.90. The lowest BCUT2D eigenvalue weighted by Gasteiger charge is -2.29. The minimum absolute atomic E-state index is 0.190. The first-order chi connectivity index (χ1) is 6.21. The molecule has 0 radical (unpaired) electrons. The number of nitrogens with two attached hydrogens (primary N) is 1. The van der Waals surface area contributed by atoms with E-state index in [4.69, 9.17) is 5.73 Å². The van der Waals surface area contributed by atoms with Crippen LogP contribution in [0.5, 0.6) is 0 Å². The van der Waals surface area contributed by atoms with Crippen LogP contribution in [-0.4, -0.2) is 4.98 Å². The van der Waals surface area contributed by atoms with E-state index in [2.05, 4.69) is 11.9 Å². The number of nitrogens with zero attached hydrogens (tertiary/aromatic N) is 1. The van der Waals surface area contributed by atoms with Crippen molar-refractivity contribution in [2.24, 2.45) is 11.7 Å². The molecule has 72 valence electrons. The Morgan fingerprint density at radius 3 is 2.77 bits per heavy atom. The van der Waals surface area contributed by atoms with E-state index in [0.29, 0.717) is 5.92 Å². The highest BCUT2D eigenvalue weighted by atomic mass is 32.1. The zero-order valence-corrected chi connectivity index (χ0v) is 8.81. The molecular weight excluding hydrogens is 180 g/mol. The molecule has 1 unspecified atom stereocenters. The molecule has 13 heavy (non-hydrogen) atoms. The van der Waals surface area contributed by atoms with Crippen LogP contribution in [0.15, 0.2) is 11.6 Å². The fraction of sp³-hybridized carbons (Fsp3) is 0.700. The largest absolute Gasteiger partial charge is 0.319 e. The zero-order chi connectivity index (χ0) is 9.31. The Hall–Kier alpha value is -0.410. The predicted molar refractivity (Wildman–Crippen MR) is 55.6 cm³/mol. The number of rotatable bonds is 2. The van der Waals surface area contributed by atoms with Gasteiger partial charge < -0.3 is 5.73 Å². The van der Waals surface area contributed by atoms with Crippen LogP contribution in [0.25, 0.3) is 0 Å². The van der Waals surface area contributed by atoms with Crippen molar-refractivity contribution in [2.45, 2.75) is 38.1 Å². The second-order valence-electron chi connectivity index (χ2n) is 4.10. The summed E-state index contributed by atoms with van der Waals surface area (Å²) in [6, 6.07) is 0. The molecule has 2 N–H and O–H groups in total. The van der Waals surface area contributed by atoms with Gasteiger partial charge in [-0.25, -0.2) is 4.98 Å². The molecule has 1 fully saturated rings. The van der Waals surface area contributed by atoms with Gasteiger partial charge in [-0.15, -0.1) is 11.3 Å². The molecule has 0 bridgehead atoms. The van der Waals surface area contributed by atoms with E-state index in [1.807, 2.05) is 11.6 Å². The monoisotopic (exact) mass is 196 g/mol. The Balaban J connectivity index is 2.19. The number of hydrogen-bond donors (Lipinski definition) is 1. The third-order valence-electron chi connectivity index (χ3n) is 3.10. The molecule has 1 aliphatic rings. The van der Waals surface area contributed by atoms with E-state index in [1.165, 1.54) is 25.7 Å². The van der Waals surface area contributed by atoms with Gasteiger partial charge in [0.05, 0.1) is 5.54 Å². The summed E-state index contributed by atoms with van der Waals surface area (Å²) in [4.78, 5) is 4.33. The summed E-state index contributed by atoms with van der Waals surface area (Å²) >= 11 is 1.68. The van der Waals surface area contributed by atoms with Crippen molar-refractivity contribution < 1.29 is 0 Å². The van der Waals surface area contributed by atoms with E-state index in [9.17, 15) is 0 Å². The molecule has 1 aromatic rings. The van der Waals surface area contributed by atoms with E-state index in [-0.39, 0.29) is 5.54 Å². The second-order valence-corrected chi connectivity index (χ2v) is 5.00. The van der Waals surface area contributed by atoms with Crippen LogP contribution >= 0.6 is 11.3 Å². The van der Waals surface area contributed by atoms with Crippen LogP contribution in [0.1, 0.15) is 37.6 Å². The molecule has 2 rings (SSSR count). The Kier molecular flexibility index (Phi) is 2.39. The van der Waals surface area contributed by atoms with Gasteiger partial charge in [-0.1, -0.05) is 12.8 Å². The van der Waals surface area contributed by atoms with Gasteiger partial charge in [0, 0.05) is 11.6 Å². The summed E-state index contributed by atoms with van der Waals surface area (Å²) in [5, 5.41) is 3.11. The molecule has 0 spiro atoms. The van der Waals surface area contributed by atoms with E-state index in [1.54, 1.807) is 11.3 Å². The first kappa shape index (κ1) is 9.16. The molecule has 1 aromatic heterocycles. The second kappa shape index (κ2) is 3.39. The lowest BCUT2D eigenvalue weighted by atomic mass is 9.86. The highest BCUT2D eigenvalue weighted by Crippen LogP contribution is 2.38. The SMILES string of the molecule is CC(N)(c1nccs1)C1CCCC1. The van der Waals surface area contributed by atoms with Crippen molar-refractivity contribution in [1.82, 2.24) is 4.98 Å². The molecule has 0 aliphatic heterocycles. The van der Waals surface area contributed by atoms with Crippen LogP contribution in [-0.2, 0) is 5.54 Å². The van der Waals surface area contributed by atoms with Crippen LogP contribution in [0.3, 0.4) is 0 Å². The number of aromatic nitrogens is 1. The minimum atomic E-state index is -0.190. The highest BCUT2D eigenvalue weighted by molar-refractivity contribution is 7.09. The van der Waals surface area contributed by atoms with Gasteiger partial charge >= 0.3 is 0 Å². The Labute approximate surface area is 83.2 Å². The van der Waals surface area contributed by atoms with Crippen molar-refractivity contribution in [2.75, 3.05) is 0 Å². The molecule has 0 aromatic carbocycles. The fourth-order valence-electron chi connectivity index (χ4n) is 2.19. The molecule has 1 atom stereocenters. The third-order valence-corrected chi connectivity index (χ3v) is 4.12. The van der Waals surface area contributed by atoms with Crippen LogP contribution in [0.2, 0.25) is 0 Å². The molecule has 1 heterocycles. The van der Waals surface area contributed by atoms with Gasteiger partial charge in [-0.05, 0) is 25.7 Å². The normalized spacial score (nSPS) is 23.2. The average molecular weight is 196 g/mol. The van der Waals surface area contributed by atoms with Gasteiger partial charge in [-0.2, -0.15) is 0 Å². The van der Waals surface area contributed by atoms with Gasteiger partial charge in [0.2, 0.25) is 0 Å². The van der Waals surface area contributed by atoms with Crippen molar-refractivity contribution in [3.8, 4) is 0 Å². The fourth-order valence-corrected chi connectivity index (χ4v) is 2.98. The maximum atomic E-state index is 6.34. The standard InChI is InChI=1S/C10H16N2S/c1-10(11,8-4-2-3-5-8)9-12-6-7-13-9/h6-8H,2-5,11H2,1H3. The van der Waals surface area contributed by atoms with Gasteiger partial charge in [0.1, 0.15) is 5.01 Å². The van der Waals surface area contributed by atoms with Gasteiger partial charge in [-0.3, -0.25) is 0 Å². The van der Waals surface area contributed by atoms with Crippen LogP contribution in [0.4, 0.5) is 0 Å². The first-order valence-corrected chi connectivity index (χ1v) is 5.78. The van der Waals surface area contributed by atoms with Crippen LogP contribution in [0, 0.1) is 5.92 Å². The maximum Gasteiger partial charge on any atom is 0.112 e. The van der Waals surface area contributed by atoms with Crippen LogP contribution < -0.4 is 5.73 Å². The molecule has 3 heteroatoms. The van der Waals surface area contributed by atoms with Crippen molar-refractivity contribution in [3.05, 3.63) is 16.6 Å². The highest BCUT2D eigenvalue weighted by Gasteiger charge is 2.35. The summed E-state index contributed by atoms with van der Waals surface area (Å²) in [5.74, 6) is 0.638. The minimum Gasteiger partial charge on any atom is -0.319 e. The van der Waals surface area contributed by atoms with Gasteiger partial charge in [0.25, 0.3) is 0 Å². The van der Waals surface area contributed by atoms with E-state index < -0.39 is 0 Å².